The fourth-order valence-electron chi connectivity index (χ4n) is 5.23. The van der Waals surface area contributed by atoms with Crippen LogP contribution in [0.5, 0.6) is 0 Å². The van der Waals surface area contributed by atoms with Gasteiger partial charge in [-0.25, -0.2) is 4.79 Å². The summed E-state index contributed by atoms with van der Waals surface area (Å²) in [5.74, 6) is -0.806. The zero-order chi connectivity index (χ0) is 22.2. The van der Waals surface area contributed by atoms with Gasteiger partial charge in [-0.15, -0.1) is 0 Å². The third-order valence-corrected chi connectivity index (χ3v) is 6.63. The first-order valence-corrected chi connectivity index (χ1v) is 11.2. The molecule has 0 spiro atoms. The molecule has 1 fully saturated rings. The van der Waals surface area contributed by atoms with Crippen molar-refractivity contribution < 1.29 is 14.3 Å². The maximum absolute atomic E-state index is 13.4. The molecule has 2 aliphatic carbocycles. The molecule has 0 saturated heterocycles. The average molecular weight is 419 g/mol. The van der Waals surface area contributed by atoms with E-state index in [0.29, 0.717) is 23.1 Å². The number of nitrogens with one attached hydrogen (secondary N) is 1. The first-order valence-electron chi connectivity index (χ1n) is 11.2. The molecule has 1 N–H and O–H groups in total. The van der Waals surface area contributed by atoms with Crippen molar-refractivity contribution in [3.63, 3.8) is 0 Å². The van der Waals surface area contributed by atoms with Gasteiger partial charge in [-0.2, -0.15) is 5.26 Å². The minimum absolute atomic E-state index is 0.0570. The Morgan fingerprint density at radius 2 is 1.94 bits per heavy atom. The lowest BCUT2D eigenvalue weighted by Crippen LogP contribution is -2.39. The average Bonchev–Trinajstić information content (AvgIpc) is 2.72. The van der Waals surface area contributed by atoms with Gasteiger partial charge in [0.05, 0.1) is 17.2 Å². The molecule has 1 atom stereocenters. The number of dihydropyridines is 1. The van der Waals surface area contributed by atoms with Gasteiger partial charge in [0.2, 0.25) is 0 Å². The number of carbonyl (C=O) groups excluding carboxylic acids is 2. The van der Waals surface area contributed by atoms with Gasteiger partial charge < -0.3 is 10.1 Å². The van der Waals surface area contributed by atoms with E-state index in [0.717, 1.165) is 49.1 Å². The number of ketones is 1. The Bertz CT molecular complexity index is 1020. The van der Waals surface area contributed by atoms with Crippen LogP contribution in [0.25, 0.3) is 0 Å². The summed E-state index contributed by atoms with van der Waals surface area (Å²) in [6.07, 6.45) is 6.22. The highest BCUT2D eigenvalue weighted by Gasteiger charge is 2.43. The molecule has 31 heavy (non-hydrogen) atoms. The Balaban J connectivity index is 1.78. The third kappa shape index (κ3) is 4.30. The highest BCUT2D eigenvalue weighted by atomic mass is 16.5. The third-order valence-electron chi connectivity index (χ3n) is 6.63. The molecule has 3 aliphatic rings. The van der Waals surface area contributed by atoms with Crippen molar-refractivity contribution in [3.8, 4) is 6.07 Å². The van der Waals surface area contributed by atoms with Crippen molar-refractivity contribution in [1.29, 1.82) is 5.26 Å². The quantitative estimate of drug-likeness (QED) is 0.696. The topological polar surface area (TPSA) is 79.2 Å². The fraction of sp³-hybridized carbons (Fsp3) is 0.500. The molecule has 1 unspecified atom stereocenters. The largest absolute Gasteiger partial charge is 0.459 e. The van der Waals surface area contributed by atoms with Crippen LogP contribution >= 0.6 is 0 Å². The molecule has 5 nitrogen and oxygen atoms in total. The Labute approximate surface area is 184 Å². The van der Waals surface area contributed by atoms with E-state index >= 15 is 0 Å². The minimum Gasteiger partial charge on any atom is -0.459 e. The van der Waals surface area contributed by atoms with Crippen molar-refractivity contribution in [2.24, 2.45) is 5.41 Å². The van der Waals surface area contributed by atoms with Crippen LogP contribution in [0.15, 0.2) is 46.8 Å². The van der Waals surface area contributed by atoms with Crippen LogP contribution in [0.1, 0.15) is 82.8 Å². The Morgan fingerprint density at radius 3 is 2.65 bits per heavy atom. The number of benzene rings is 1. The molecule has 1 aliphatic heterocycles. The van der Waals surface area contributed by atoms with Crippen molar-refractivity contribution in [3.05, 3.63) is 57.9 Å². The van der Waals surface area contributed by atoms with Crippen molar-refractivity contribution in [2.45, 2.75) is 77.7 Å². The van der Waals surface area contributed by atoms with E-state index in [1.807, 2.05) is 19.1 Å². The SMILES string of the molecule is CC1=C(C(=O)OC2CCCCC2)C(c2cccc(C#N)c2)C2=C(CC(C)(C)CC2=O)N1. The van der Waals surface area contributed by atoms with Crippen molar-refractivity contribution in [2.75, 3.05) is 0 Å². The monoisotopic (exact) mass is 418 g/mol. The predicted octanol–water partition coefficient (Wildman–Crippen LogP) is 5.04. The molecule has 5 heteroatoms. The summed E-state index contributed by atoms with van der Waals surface area (Å²) in [6.45, 7) is 6.07. The van der Waals surface area contributed by atoms with Gasteiger partial charge in [-0.3, -0.25) is 4.79 Å². The second-order valence-corrected chi connectivity index (χ2v) is 9.83. The Morgan fingerprint density at radius 1 is 1.19 bits per heavy atom. The standard InChI is InChI=1S/C26H30N2O3/c1-16-22(25(30)31-19-10-5-4-6-11-19)23(18-9-7-8-17(12-18)15-27)24-20(28-16)13-26(2,3)14-21(24)29/h7-9,12,19,23,28H,4-6,10-11,13-14H2,1-3H3. The smallest absolute Gasteiger partial charge is 0.337 e. The van der Waals surface area contributed by atoms with Gasteiger partial charge in [-0.05, 0) is 62.1 Å². The molecular formula is C26H30N2O3. The van der Waals surface area contributed by atoms with E-state index in [9.17, 15) is 14.9 Å². The number of esters is 1. The van der Waals surface area contributed by atoms with Crippen LogP contribution < -0.4 is 5.32 Å². The van der Waals surface area contributed by atoms with Crippen LogP contribution in [0, 0.1) is 16.7 Å². The number of nitrogens with zero attached hydrogens (tertiary/aromatic N) is 1. The molecular weight excluding hydrogens is 388 g/mol. The summed E-state index contributed by atoms with van der Waals surface area (Å²) in [5, 5.41) is 12.8. The zero-order valence-electron chi connectivity index (χ0n) is 18.6. The van der Waals surface area contributed by atoms with E-state index in [2.05, 4.69) is 25.2 Å². The van der Waals surface area contributed by atoms with Crippen LogP contribution in [-0.4, -0.2) is 17.9 Å². The predicted molar refractivity (Wildman–Crippen MR) is 118 cm³/mol. The summed E-state index contributed by atoms with van der Waals surface area (Å²) >= 11 is 0. The molecule has 1 aromatic rings. The van der Waals surface area contributed by atoms with E-state index in [4.69, 9.17) is 4.74 Å². The van der Waals surface area contributed by atoms with Crippen LogP contribution in [-0.2, 0) is 14.3 Å². The molecule has 0 amide bonds. The Hall–Kier alpha value is -2.87. The maximum atomic E-state index is 13.4. The number of ether oxygens (including phenoxy) is 1. The second-order valence-electron chi connectivity index (χ2n) is 9.83. The number of Topliss-reactive ketones (excluding diaryl/α,β-unsaturated/α-hetero) is 1. The van der Waals surface area contributed by atoms with Gasteiger partial charge in [0.25, 0.3) is 0 Å². The number of carbonyl (C=O) groups is 2. The number of hydrogen-bond acceptors (Lipinski definition) is 5. The van der Waals surface area contributed by atoms with Crippen LogP contribution in [0.3, 0.4) is 0 Å². The molecule has 1 aromatic carbocycles. The number of hydrogen-bond donors (Lipinski definition) is 1. The lowest BCUT2D eigenvalue weighted by Gasteiger charge is -2.39. The van der Waals surface area contributed by atoms with E-state index < -0.39 is 5.92 Å². The number of allylic oxidation sites excluding steroid dienone is 3. The normalized spacial score (nSPS) is 23.7. The van der Waals surface area contributed by atoms with Gasteiger partial charge in [0.15, 0.2) is 5.78 Å². The molecule has 162 valence electrons. The summed E-state index contributed by atoms with van der Waals surface area (Å²) in [7, 11) is 0. The number of nitriles is 1. The first kappa shape index (κ1) is 21.4. The summed E-state index contributed by atoms with van der Waals surface area (Å²) in [6, 6.07) is 9.41. The maximum Gasteiger partial charge on any atom is 0.337 e. The van der Waals surface area contributed by atoms with Crippen molar-refractivity contribution in [1.82, 2.24) is 5.32 Å². The lowest BCUT2D eigenvalue weighted by molar-refractivity contribution is -0.146. The molecule has 1 heterocycles. The highest BCUT2D eigenvalue weighted by molar-refractivity contribution is 6.04. The summed E-state index contributed by atoms with van der Waals surface area (Å²) < 4.78 is 5.93. The summed E-state index contributed by atoms with van der Waals surface area (Å²) in [5.41, 5.74) is 3.93. The van der Waals surface area contributed by atoms with Gasteiger partial charge in [0, 0.05) is 29.3 Å². The molecule has 0 radical (unpaired) electrons. The van der Waals surface area contributed by atoms with Gasteiger partial charge in [-0.1, -0.05) is 32.4 Å². The zero-order valence-corrected chi connectivity index (χ0v) is 18.6. The van der Waals surface area contributed by atoms with E-state index in [-0.39, 0.29) is 23.3 Å². The fourth-order valence-corrected chi connectivity index (χ4v) is 5.23. The highest BCUT2D eigenvalue weighted by Crippen LogP contribution is 2.47. The van der Waals surface area contributed by atoms with Crippen LogP contribution in [0.4, 0.5) is 0 Å². The molecule has 0 aromatic heterocycles. The first-order chi connectivity index (χ1) is 14.8. The van der Waals surface area contributed by atoms with Gasteiger partial charge in [0.1, 0.15) is 6.10 Å². The summed E-state index contributed by atoms with van der Waals surface area (Å²) in [4.78, 5) is 26.7. The van der Waals surface area contributed by atoms with E-state index in [1.165, 1.54) is 6.42 Å². The molecule has 4 rings (SSSR count). The van der Waals surface area contributed by atoms with Crippen LogP contribution in [0.2, 0.25) is 0 Å². The lowest BCUT2D eigenvalue weighted by atomic mass is 9.68. The Kier molecular flexibility index (Phi) is 5.75. The van der Waals surface area contributed by atoms with Gasteiger partial charge >= 0.3 is 5.97 Å². The molecule has 1 saturated carbocycles. The van der Waals surface area contributed by atoms with Crippen molar-refractivity contribution >= 4 is 11.8 Å². The van der Waals surface area contributed by atoms with E-state index in [1.54, 1.807) is 12.1 Å². The second kappa shape index (κ2) is 8.34. The minimum atomic E-state index is -0.510. The molecule has 0 bridgehead atoms. The number of rotatable bonds is 3.